The van der Waals surface area contributed by atoms with Gasteiger partial charge in [-0.3, -0.25) is 0 Å². The van der Waals surface area contributed by atoms with Gasteiger partial charge in [-0.05, 0) is 28.1 Å². The highest BCUT2D eigenvalue weighted by Gasteiger charge is 2.00. The highest BCUT2D eigenvalue weighted by Crippen LogP contribution is 2.19. The van der Waals surface area contributed by atoms with Gasteiger partial charge in [-0.2, -0.15) is 0 Å². The number of pyridine rings is 1. The van der Waals surface area contributed by atoms with E-state index in [0.29, 0.717) is 6.54 Å². The van der Waals surface area contributed by atoms with Gasteiger partial charge in [0, 0.05) is 17.8 Å². The predicted molar refractivity (Wildman–Crippen MR) is 61.4 cm³/mol. The van der Waals surface area contributed by atoms with Crippen molar-refractivity contribution in [1.29, 1.82) is 0 Å². The summed E-state index contributed by atoms with van der Waals surface area (Å²) in [4.78, 5) is 8.37. The summed E-state index contributed by atoms with van der Waals surface area (Å²) < 4.78 is 0.969. The second-order valence-electron chi connectivity index (χ2n) is 2.61. The fraction of sp³-hybridized carbons (Fsp3) is 0.111. The monoisotopic (exact) mass is 269 g/mol. The Morgan fingerprint density at radius 3 is 3.00 bits per heavy atom. The van der Waals surface area contributed by atoms with E-state index in [9.17, 15) is 0 Å². The zero-order chi connectivity index (χ0) is 9.80. The minimum Gasteiger partial charge on any atom is -0.363 e. The van der Waals surface area contributed by atoms with Crippen molar-refractivity contribution in [2.24, 2.45) is 0 Å². The van der Waals surface area contributed by atoms with Gasteiger partial charge in [0.15, 0.2) is 0 Å². The van der Waals surface area contributed by atoms with Crippen molar-refractivity contribution >= 4 is 33.1 Å². The van der Waals surface area contributed by atoms with Crippen LogP contribution in [0.15, 0.2) is 34.4 Å². The summed E-state index contributed by atoms with van der Waals surface area (Å²) >= 11 is 5.05. The normalized spacial score (nSPS) is 10.1. The van der Waals surface area contributed by atoms with Gasteiger partial charge >= 0.3 is 0 Å². The summed E-state index contributed by atoms with van der Waals surface area (Å²) in [6, 6.07) is 3.84. The summed E-state index contributed by atoms with van der Waals surface area (Å²) in [5.74, 6) is 0.850. The Bertz CT molecular complexity index is 402. The van der Waals surface area contributed by atoms with E-state index in [-0.39, 0.29) is 0 Å². The van der Waals surface area contributed by atoms with E-state index in [1.165, 1.54) is 0 Å². The van der Waals surface area contributed by atoms with E-state index in [0.717, 1.165) is 15.3 Å². The van der Waals surface area contributed by atoms with Gasteiger partial charge in [0.2, 0.25) is 0 Å². The number of halogens is 1. The molecular weight excluding hydrogens is 262 g/mol. The molecule has 0 atom stereocenters. The van der Waals surface area contributed by atoms with Crippen molar-refractivity contribution in [3.63, 3.8) is 0 Å². The molecule has 0 aliphatic rings. The lowest BCUT2D eigenvalue weighted by atomic mass is 10.4. The Kier molecular flexibility index (Phi) is 3.10. The van der Waals surface area contributed by atoms with Gasteiger partial charge in [0.05, 0.1) is 11.0 Å². The number of aromatic nitrogens is 2. The molecule has 0 aliphatic carbocycles. The molecule has 2 aromatic heterocycles. The largest absolute Gasteiger partial charge is 0.363 e. The molecule has 2 heterocycles. The number of thiazole rings is 1. The number of anilines is 1. The molecule has 2 rings (SSSR count). The number of nitrogens with zero attached hydrogens (tertiary/aromatic N) is 2. The lowest BCUT2D eigenvalue weighted by Gasteiger charge is -2.04. The van der Waals surface area contributed by atoms with Crippen LogP contribution in [0.1, 0.15) is 5.01 Å². The summed E-state index contributed by atoms with van der Waals surface area (Å²) in [5, 5.41) is 6.23. The van der Waals surface area contributed by atoms with E-state index < -0.39 is 0 Å². The highest BCUT2D eigenvalue weighted by molar-refractivity contribution is 9.10. The first-order chi connectivity index (χ1) is 6.86. The molecule has 0 aliphatic heterocycles. The SMILES string of the molecule is Brc1cccnc1NCc1nccs1. The summed E-state index contributed by atoms with van der Waals surface area (Å²) in [7, 11) is 0. The van der Waals surface area contributed by atoms with Crippen molar-refractivity contribution in [2.75, 3.05) is 5.32 Å². The number of nitrogens with one attached hydrogen (secondary N) is 1. The molecule has 0 saturated carbocycles. The van der Waals surface area contributed by atoms with Gasteiger partial charge in [-0.25, -0.2) is 9.97 Å². The lowest BCUT2D eigenvalue weighted by molar-refractivity contribution is 1.07. The zero-order valence-electron chi connectivity index (χ0n) is 7.27. The summed E-state index contributed by atoms with van der Waals surface area (Å²) in [5.41, 5.74) is 0. The Hall–Kier alpha value is -0.940. The van der Waals surface area contributed by atoms with E-state index in [1.54, 1.807) is 23.7 Å². The molecule has 0 spiro atoms. The Morgan fingerprint density at radius 1 is 1.36 bits per heavy atom. The molecule has 72 valence electrons. The van der Waals surface area contributed by atoms with Gasteiger partial charge in [0.25, 0.3) is 0 Å². The van der Waals surface area contributed by atoms with Crippen molar-refractivity contribution in [3.05, 3.63) is 39.4 Å². The fourth-order valence-corrected chi connectivity index (χ4v) is 1.97. The van der Waals surface area contributed by atoms with Crippen molar-refractivity contribution in [3.8, 4) is 0 Å². The fourth-order valence-electron chi connectivity index (χ4n) is 1.02. The van der Waals surface area contributed by atoms with Crippen LogP contribution in [0.25, 0.3) is 0 Å². The molecule has 3 nitrogen and oxygen atoms in total. The second kappa shape index (κ2) is 4.52. The van der Waals surface area contributed by atoms with Crippen LogP contribution in [0.3, 0.4) is 0 Å². The minimum absolute atomic E-state index is 0.716. The zero-order valence-corrected chi connectivity index (χ0v) is 9.68. The van der Waals surface area contributed by atoms with Crippen LogP contribution >= 0.6 is 27.3 Å². The highest BCUT2D eigenvalue weighted by atomic mass is 79.9. The maximum atomic E-state index is 4.20. The molecule has 5 heteroatoms. The molecule has 1 N–H and O–H groups in total. The molecule has 0 amide bonds. The van der Waals surface area contributed by atoms with Crippen LogP contribution in [-0.2, 0) is 6.54 Å². The number of hydrogen-bond donors (Lipinski definition) is 1. The van der Waals surface area contributed by atoms with E-state index in [2.05, 4.69) is 31.2 Å². The Morgan fingerprint density at radius 2 is 2.29 bits per heavy atom. The quantitative estimate of drug-likeness (QED) is 0.931. The van der Waals surface area contributed by atoms with Crippen molar-refractivity contribution in [2.45, 2.75) is 6.54 Å². The third kappa shape index (κ3) is 2.30. The number of rotatable bonds is 3. The predicted octanol–water partition coefficient (Wildman–Crippen LogP) is 2.91. The molecule has 14 heavy (non-hydrogen) atoms. The molecule has 0 unspecified atom stereocenters. The molecular formula is C9H8BrN3S. The van der Waals surface area contributed by atoms with Gasteiger partial charge in [-0.15, -0.1) is 11.3 Å². The Labute approximate surface area is 94.4 Å². The van der Waals surface area contributed by atoms with Crippen molar-refractivity contribution < 1.29 is 0 Å². The van der Waals surface area contributed by atoms with Crippen LogP contribution in [-0.4, -0.2) is 9.97 Å². The molecule has 2 aromatic rings. The molecule has 0 saturated heterocycles. The summed E-state index contributed by atoms with van der Waals surface area (Å²) in [6.45, 7) is 0.716. The first kappa shape index (κ1) is 9.61. The van der Waals surface area contributed by atoms with E-state index in [4.69, 9.17) is 0 Å². The van der Waals surface area contributed by atoms with Crippen LogP contribution in [0.4, 0.5) is 5.82 Å². The molecule has 0 aromatic carbocycles. The van der Waals surface area contributed by atoms with E-state index >= 15 is 0 Å². The Balaban J connectivity index is 2.02. The second-order valence-corrected chi connectivity index (χ2v) is 4.45. The third-order valence-corrected chi connectivity index (χ3v) is 3.07. The van der Waals surface area contributed by atoms with Crippen LogP contribution in [0.2, 0.25) is 0 Å². The maximum Gasteiger partial charge on any atom is 0.140 e. The summed E-state index contributed by atoms with van der Waals surface area (Å²) in [6.07, 6.45) is 3.56. The maximum absolute atomic E-state index is 4.20. The first-order valence-corrected chi connectivity index (χ1v) is 5.76. The average molecular weight is 270 g/mol. The molecule has 0 bridgehead atoms. The smallest absolute Gasteiger partial charge is 0.140 e. The lowest BCUT2D eigenvalue weighted by Crippen LogP contribution is -2.01. The average Bonchev–Trinajstić information content (AvgIpc) is 2.69. The van der Waals surface area contributed by atoms with Gasteiger partial charge in [0.1, 0.15) is 10.8 Å². The van der Waals surface area contributed by atoms with Gasteiger partial charge < -0.3 is 5.32 Å². The van der Waals surface area contributed by atoms with Crippen LogP contribution in [0, 0.1) is 0 Å². The van der Waals surface area contributed by atoms with Crippen molar-refractivity contribution in [1.82, 2.24) is 9.97 Å². The minimum atomic E-state index is 0.716. The molecule has 0 fully saturated rings. The molecule has 0 radical (unpaired) electrons. The van der Waals surface area contributed by atoms with Gasteiger partial charge in [-0.1, -0.05) is 0 Å². The van der Waals surface area contributed by atoms with Crippen LogP contribution < -0.4 is 5.32 Å². The standard InChI is InChI=1S/C9H8BrN3S/c10-7-2-1-3-12-9(7)13-6-8-11-4-5-14-8/h1-5H,6H2,(H,12,13). The van der Waals surface area contributed by atoms with E-state index in [1.807, 2.05) is 17.5 Å². The first-order valence-electron chi connectivity index (χ1n) is 4.09. The topological polar surface area (TPSA) is 37.8 Å². The van der Waals surface area contributed by atoms with Crippen LogP contribution in [0.5, 0.6) is 0 Å². The number of hydrogen-bond acceptors (Lipinski definition) is 4. The third-order valence-electron chi connectivity index (χ3n) is 1.65.